The van der Waals surface area contributed by atoms with Crippen LogP contribution in [0, 0.1) is 0 Å². The zero-order valence-corrected chi connectivity index (χ0v) is 22.9. The number of fused-ring (bicyclic) bond motifs is 2. The standard InChI is InChI=1S/C27H18BrCl2N3O5/c1-2-36-24(34)14-37-25-19(28)9-15(10-20(25)30)13-31-33-26(32-21-6-4-3-5-18(21)27(33)35)23-12-16-11-17(29)7-8-22(16)38-23/h3-13H,2,14H2,1H3. The summed E-state index contributed by atoms with van der Waals surface area (Å²) in [7, 11) is 0. The van der Waals surface area contributed by atoms with Crippen molar-refractivity contribution in [3.05, 3.63) is 91.1 Å². The fourth-order valence-electron chi connectivity index (χ4n) is 3.76. The third-order valence-electron chi connectivity index (χ3n) is 5.44. The highest BCUT2D eigenvalue weighted by Gasteiger charge is 2.17. The maximum atomic E-state index is 13.5. The molecule has 38 heavy (non-hydrogen) atoms. The maximum absolute atomic E-state index is 13.5. The molecule has 5 rings (SSSR count). The fourth-order valence-corrected chi connectivity index (χ4v) is 4.93. The largest absolute Gasteiger partial charge is 0.479 e. The van der Waals surface area contributed by atoms with Gasteiger partial charge in [-0.15, -0.1) is 0 Å². The first-order chi connectivity index (χ1) is 18.3. The molecule has 0 bridgehead atoms. The van der Waals surface area contributed by atoms with Crippen molar-refractivity contribution in [2.24, 2.45) is 5.10 Å². The van der Waals surface area contributed by atoms with E-state index in [4.69, 9.17) is 37.1 Å². The number of hydrogen-bond donors (Lipinski definition) is 0. The van der Waals surface area contributed by atoms with Crippen LogP contribution in [-0.4, -0.2) is 35.1 Å². The average Bonchev–Trinajstić information content (AvgIpc) is 3.31. The topological polar surface area (TPSA) is 95.9 Å². The molecule has 0 amide bonds. The predicted octanol–water partition coefficient (Wildman–Crippen LogP) is 6.70. The van der Waals surface area contributed by atoms with E-state index >= 15 is 0 Å². The second kappa shape index (κ2) is 11.0. The highest BCUT2D eigenvalue weighted by molar-refractivity contribution is 9.10. The van der Waals surface area contributed by atoms with Crippen molar-refractivity contribution < 1.29 is 18.7 Å². The second-order valence-corrected chi connectivity index (χ2v) is 9.71. The van der Waals surface area contributed by atoms with Crippen molar-refractivity contribution >= 4 is 73.2 Å². The fraction of sp³-hybridized carbons (Fsp3) is 0.111. The Morgan fingerprint density at radius 3 is 2.76 bits per heavy atom. The summed E-state index contributed by atoms with van der Waals surface area (Å²) in [6, 6.07) is 17.3. The van der Waals surface area contributed by atoms with Crippen LogP contribution in [0.2, 0.25) is 10.0 Å². The Balaban J connectivity index is 1.56. The van der Waals surface area contributed by atoms with Crippen molar-refractivity contribution in [2.75, 3.05) is 13.2 Å². The SMILES string of the molecule is CCOC(=O)COc1c(Cl)cc(C=Nn2c(-c3cc4cc(Cl)ccc4o3)nc3ccccc3c2=O)cc1Br. The van der Waals surface area contributed by atoms with Crippen LogP contribution < -0.4 is 10.3 Å². The summed E-state index contributed by atoms with van der Waals surface area (Å²) in [5.41, 5.74) is 1.29. The van der Waals surface area contributed by atoms with Crippen molar-refractivity contribution in [3.8, 4) is 17.3 Å². The highest BCUT2D eigenvalue weighted by Crippen LogP contribution is 2.34. The van der Waals surface area contributed by atoms with Gasteiger partial charge in [-0.25, -0.2) is 9.78 Å². The molecule has 0 saturated carbocycles. The van der Waals surface area contributed by atoms with Gasteiger partial charge in [0.15, 0.2) is 18.1 Å². The van der Waals surface area contributed by atoms with E-state index in [0.29, 0.717) is 37.3 Å². The van der Waals surface area contributed by atoms with E-state index in [1.807, 2.05) is 0 Å². The molecule has 0 fully saturated rings. The molecule has 11 heteroatoms. The number of rotatable bonds is 7. The summed E-state index contributed by atoms with van der Waals surface area (Å²) in [5, 5.41) is 6.40. The van der Waals surface area contributed by atoms with Gasteiger partial charge in [-0.05, 0) is 76.9 Å². The summed E-state index contributed by atoms with van der Waals surface area (Å²) in [5.74, 6) is 0.341. The van der Waals surface area contributed by atoms with Gasteiger partial charge in [0, 0.05) is 10.4 Å². The Morgan fingerprint density at radius 1 is 1.16 bits per heavy atom. The number of carbonyl (C=O) groups excluding carboxylic acids is 1. The van der Waals surface area contributed by atoms with Crippen LogP contribution in [0.5, 0.6) is 5.75 Å². The normalized spacial score (nSPS) is 11.5. The lowest BCUT2D eigenvalue weighted by atomic mass is 10.2. The number of ether oxygens (including phenoxy) is 2. The van der Waals surface area contributed by atoms with Gasteiger partial charge in [0.25, 0.3) is 5.56 Å². The molecule has 8 nitrogen and oxygen atoms in total. The van der Waals surface area contributed by atoms with Crippen LogP contribution in [0.3, 0.4) is 0 Å². The lowest BCUT2D eigenvalue weighted by molar-refractivity contribution is -0.145. The van der Waals surface area contributed by atoms with Gasteiger partial charge in [-0.3, -0.25) is 4.79 Å². The Morgan fingerprint density at radius 2 is 1.97 bits per heavy atom. The number of halogens is 3. The number of para-hydroxylation sites is 1. The molecule has 0 aliphatic carbocycles. The first kappa shape index (κ1) is 26.0. The molecule has 0 unspecified atom stereocenters. The van der Waals surface area contributed by atoms with Crippen molar-refractivity contribution in [3.63, 3.8) is 0 Å². The van der Waals surface area contributed by atoms with Crippen LogP contribution in [0.15, 0.2) is 79.4 Å². The number of aromatic nitrogens is 2. The van der Waals surface area contributed by atoms with Gasteiger partial charge in [-0.1, -0.05) is 35.3 Å². The van der Waals surface area contributed by atoms with E-state index in [-0.39, 0.29) is 35.4 Å². The summed E-state index contributed by atoms with van der Waals surface area (Å²) in [6.07, 6.45) is 1.46. The lowest BCUT2D eigenvalue weighted by Crippen LogP contribution is -2.20. The summed E-state index contributed by atoms with van der Waals surface area (Å²) in [6.45, 7) is 1.67. The van der Waals surface area contributed by atoms with E-state index in [9.17, 15) is 9.59 Å². The number of furan rings is 1. The average molecular weight is 615 g/mol. The minimum absolute atomic E-state index is 0.219. The first-order valence-corrected chi connectivity index (χ1v) is 12.9. The predicted molar refractivity (Wildman–Crippen MR) is 150 cm³/mol. The molecule has 0 atom stereocenters. The Kier molecular flexibility index (Phi) is 7.51. The van der Waals surface area contributed by atoms with E-state index < -0.39 is 5.97 Å². The van der Waals surface area contributed by atoms with Gasteiger partial charge in [-0.2, -0.15) is 9.78 Å². The quantitative estimate of drug-likeness (QED) is 0.149. The molecule has 2 aromatic heterocycles. The zero-order valence-electron chi connectivity index (χ0n) is 19.8. The van der Waals surface area contributed by atoms with Crippen LogP contribution in [0.25, 0.3) is 33.5 Å². The second-order valence-electron chi connectivity index (χ2n) is 8.01. The minimum atomic E-state index is -0.510. The minimum Gasteiger partial charge on any atom is -0.479 e. The molecule has 2 heterocycles. The third-order valence-corrected chi connectivity index (χ3v) is 6.54. The Bertz CT molecular complexity index is 1760. The van der Waals surface area contributed by atoms with Crippen LogP contribution in [-0.2, 0) is 9.53 Å². The van der Waals surface area contributed by atoms with Gasteiger partial charge in [0.1, 0.15) is 5.58 Å². The lowest BCUT2D eigenvalue weighted by Gasteiger charge is -2.11. The molecular weight excluding hydrogens is 597 g/mol. The van der Waals surface area contributed by atoms with Crippen molar-refractivity contribution in [1.82, 2.24) is 9.66 Å². The summed E-state index contributed by atoms with van der Waals surface area (Å²) >= 11 is 15.9. The molecule has 192 valence electrons. The summed E-state index contributed by atoms with van der Waals surface area (Å²) in [4.78, 5) is 29.7. The smallest absolute Gasteiger partial charge is 0.344 e. The number of hydrogen-bond acceptors (Lipinski definition) is 7. The van der Waals surface area contributed by atoms with E-state index in [1.165, 1.54) is 10.9 Å². The third kappa shape index (κ3) is 5.31. The highest BCUT2D eigenvalue weighted by atomic mass is 79.9. The molecule has 0 N–H and O–H groups in total. The van der Waals surface area contributed by atoms with E-state index in [0.717, 1.165) is 5.39 Å². The monoisotopic (exact) mass is 613 g/mol. The molecule has 0 spiro atoms. The maximum Gasteiger partial charge on any atom is 0.344 e. The number of carbonyl (C=O) groups is 1. The van der Waals surface area contributed by atoms with E-state index in [2.05, 4.69) is 26.0 Å². The van der Waals surface area contributed by atoms with Gasteiger partial charge in [0.05, 0.1) is 33.2 Å². The summed E-state index contributed by atoms with van der Waals surface area (Å²) < 4.78 is 18.0. The van der Waals surface area contributed by atoms with Crippen LogP contribution in [0.4, 0.5) is 0 Å². The number of nitrogens with zero attached hydrogens (tertiary/aromatic N) is 3. The molecule has 0 radical (unpaired) electrons. The molecule has 3 aromatic carbocycles. The zero-order chi connectivity index (χ0) is 26.8. The van der Waals surface area contributed by atoms with Crippen LogP contribution in [0.1, 0.15) is 12.5 Å². The Labute approximate surface area is 234 Å². The van der Waals surface area contributed by atoms with Crippen molar-refractivity contribution in [1.29, 1.82) is 0 Å². The molecular formula is C27H18BrCl2N3O5. The molecule has 0 saturated heterocycles. The van der Waals surface area contributed by atoms with Crippen LogP contribution >= 0.6 is 39.1 Å². The first-order valence-electron chi connectivity index (χ1n) is 11.4. The molecule has 0 aliphatic heterocycles. The van der Waals surface area contributed by atoms with Gasteiger partial charge < -0.3 is 13.9 Å². The van der Waals surface area contributed by atoms with Crippen molar-refractivity contribution in [2.45, 2.75) is 6.92 Å². The van der Waals surface area contributed by atoms with Gasteiger partial charge in [0.2, 0.25) is 5.82 Å². The molecule has 0 aliphatic rings. The molecule has 5 aromatic rings. The number of esters is 1. The Hall–Kier alpha value is -3.66. The number of benzene rings is 3. The van der Waals surface area contributed by atoms with E-state index in [1.54, 1.807) is 67.6 Å². The van der Waals surface area contributed by atoms with Gasteiger partial charge >= 0.3 is 5.97 Å².